The molecule has 7 heteroatoms. The zero-order valence-corrected chi connectivity index (χ0v) is 17.2. The van der Waals surface area contributed by atoms with Gasteiger partial charge in [0.15, 0.2) is 0 Å². The molecule has 31 heavy (non-hydrogen) atoms. The molecule has 0 saturated carbocycles. The van der Waals surface area contributed by atoms with Crippen LogP contribution in [0.15, 0.2) is 54.6 Å². The minimum absolute atomic E-state index is 0.0556. The fraction of sp³-hybridized carbons (Fsp3) is 0.333. The molecule has 0 bridgehead atoms. The number of piperazine rings is 1. The van der Waals surface area contributed by atoms with Crippen molar-refractivity contribution in [3.63, 3.8) is 0 Å². The van der Waals surface area contributed by atoms with Gasteiger partial charge in [-0.1, -0.05) is 36.4 Å². The number of rotatable bonds is 5. The van der Waals surface area contributed by atoms with Gasteiger partial charge in [0.1, 0.15) is 11.6 Å². The molecule has 0 aromatic heterocycles. The highest BCUT2D eigenvalue weighted by atomic mass is 19.1. The van der Waals surface area contributed by atoms with Crippen molar-refractivity contribution in [2.75, 3.05) is 26.2 Å². The van der Waals surface area contributed by atoms with Gasteiger partial charge in [-0.3, -0.25) is 14.5 Å². The molecular weight excluding hydrogens is 400 g/mol. The van der Waals surface area contributed by atoms with Gasteiger partial charge in [-0.2, -0.15) is 0 Å². The average molecular weight is 425 g/mol. The molecule has 5 nitrogen and oxygen atoms in total. The van der Waals surface area contributed by atoms with Crippen LogP contribution in [0.3, 0.4) is 0 Å². The van der Waals surface area contributed by atoms with Gasteiger partial charge >= 0.3 is 0 Å². The van der Waals surface area contributed by atoms with Crippen molar-refractivity contribution >= 4 is 17.4 Å². The lowest BCUT2D eigenvalue weighted by molar-refractivity contribution is -0.138. The molecule has 0 aliphatic carbocycles. The molecule has 2 heterocycles. The second-order valence-electron chi connectivity index (χ2n) is 7.90. The number of nitrogens with zero attached hydrogens (tertiary/aromatic N) is 2. The van der Waals surface area contributed by atoms with Crippen molar-refractivity contribution in [2.24, 2.45) is 0 Å². The number of amides is 2. The molecule has 0 spiro atoms. The smallest absolute Gasteiger partial charge is 0.237 e. The van der Waals surface area contributed by atoms with Crippen molar-refractivity contribution in [2.45, 2.75) is 25.4 Å². The first-order chi connectivity index (χ1) is 15.0. The molecule has 0 radical (unpaired) electrons. The predicted octanol–water partition coefficient (Wildman–Crippen LogP) is 2.97. The third-order valence-electron chi connectivity index (χ3n) is 5.92. The summed E-state index contributed by atoms with van der Waals surface area (Å²) in [6, 6.07) is 12.2. The summed E-state index contributed by atoms with van der Waals surface area (Å²) in [5.74, 6) is -0.888. The summed E-state index contributed by atoms with van der Waals surface area (Å²) in [6.45, 7) is 2.32. The van der Waals surface area contributed by atoms with E-state index in [4.69, 9.17) is 0 Å². The Kier molecular flexibility index (Phi) is 6.42. The van der Waals surface area contributed by atoms with Gasteiger partial charge in [0.25, 0.3) is 0 Å². The molecule has 1 saturated heterocycles. The van der Waals surface area contributed by atoms with E-state index in [0.29, 0.717) is 38.2 Å². The highest BCUT2D eigenvalue weighted by molar-refractivity contribution is 5.89. The van der Waals surface area contributed by atoms with E-state index in [0.717, 1.165) is 11.1 Å². The Bertz CT molecular complexity index is 991. The van der Waals surface area contributed by atoms with Crippen molar-refractivity contribution in [3.8, 4) is 0 Å². The standard InChI is InChI=1S/C24H25F2N3O2/c25-20-7-5-17(6-8-20)18-9-12-28(13-10-18)23(30)15-22-24(31)27-11-14-29(22)16-19-3-1-2-4-21(19)26/h1-9,22H,10-16H2,(H,27,31). The lowest BCUT2D eigenvalue weighted by Crippen LogP contribution is -2.56. The van der Waals surface area contributed by atoms with Crippen LogP contribution < -0.4 is 5.32 Å². The highest BCUT2D eigenvalue weighted by Crippen LogP contribution is 2.24. The number of nitrogens with one attached hydrogen (secondary N) is 1. The Hall–Kier alpha value is -3.06. The molecule has 1 unspecified atom stereocenters. The molecule has 2 aromatic carbocycles. The molecule has 162 valence electrons. The van der Waals surface area contributed by atoms with E-state index in [9.17, 15) is 18.4 Å². The molecule has 4 rings (SSSR count). The molecule has 2 amide bonds. The summed E-state index contributed by atoms with van der Waals surface area (Å²) >= 11 is 0. The van der Waals surface area contributed by atoms with Crippen LogP contribution in [-0.4, -0.2) is 53.8 Å². The van der Waals surface area contributed by atoms with Crippen LogP contribution in [0.4, 0.5) is 8.78 Å². The van der Waals surface area contributed by atoms with Crippen LogP contribution in [0.1, 0.15) is 24.0 Å². The van der Waals surface area contributed by atoms with Crippen molar-refractivity contribution in [1.29, 1.82) is 0 Å². The summed E-state index contributed by atoms with van der Waals surface area (Å²) in [4.78, 5) is 29.0. The molecule has 1 N–H and O–H groups in total. The minimum atomic E-state index is -0.622. The molecule has 2 aliphatic rings. The summed E-state index contributed by atoms with van der Waals surface area (Å²) in [7, 11) is 0. The Morgan fingerprint density at radius 3 is 2.55 bits per heavy atom. The molecular formula is C24H25F2N3O2. The van der Waals surface area contributed by atoms with Gasteiger partial charge in [0.05, 0.1) is 12.5 Å². The van der Waals surface area contributed by atoms with Crippen LogP contribution in [0.2, 0.25) is 0 Å². The predicted molar refractivity (Wildman–Crippen MR) is 114 cm³/mol. The highest BCUT2D eigenvalue weighted by Gasteiger charge is 2.33. The SMILES string of the molecule is O=C1NCCN(Cc2ccccc2F)C1CC(=O)N1CC=C(c2ccc(F)cc2)CC1. The van der Waals surface area contributed by atoms with Gasteiger partial charge < -0.3 is 10.2 Å². The topological polar surface area (TPSA) is 52.7 Å². The van der Waals surface area contributed by atoms with Gasteiger partial charge in [0, 0.05) is 38.3 Å². The fourth-order valence-corrected chi connectivity index (χ4v) is 4.13. The maximum Gasteiger partial charge on any atom is 0.237 e. The summed E-state index contributed by atoms with van der Waals surface area (Å²) in [5.41, 5.74) is 2.55. The number of carbonyl (C=O) groups is 2. The van der Waals surface area contributed by atoms with Gasteiger partial charge in [-0.25, -0.2) is 8.78 Å². The number of halogens is 2. The van der Waals surface area contributed by atoms with Crippen LogP contribution in [-0.2, 0) is 16.1 Å². The van der Waals surface area contributed by atoms with E-state index in [1.807, 2.05) is 11.0 Å². The Labute approximate surface area is 180 Å². The first kappa shape index (κ1) is 21.2. The van der Waals surface area contributed by atoms with Gasteiger partial charge in [0.2, 0.25) is 11.8 Å². The fourth-order valence-electron chi connectivity index (χ4n) is 4.13. The number of benzene rings is 2. The van der Waals surface area contributed by atoms with Crippen molar-refractivity contribution < 1.29 is 18.4 Å². The summed E-state index contributed by atoms with van der Waals surface area (Å²) in [5, 5.41) is 2.82. The third kappa shape index (κ3) is 4.99. The van der Waals surface area contributed by atoms with Crippen LogP contribution in [0.5, 0.6) is 0 Å². The van der Waals surface area contributed by atoms with Gasteiger partial charge in [-0.05, 0) is 35.8 Å². The summed E-state index contributed by atoms with van der Waals surface area (Å²) < 4.78 is 27.2. The van der Waals surface area contributed by atoms with Crippen molar-refractivity contribution in [3.05, 3.63) is 77.4 Å². The van der Waals surface area contributed by atoms with Crippen LogP contribution in [0, 0.1) is 11.6 Å². The maximum absolute atomic E-state index is 14.1. The second-order valence-corrected chi connectivity index (χ2v) is 7.90. The minimum Gasteiger partial charge on any atom is -0.353 e. The van der Waals surface area contributed by atoms with Crippen LogP contribution in [0.25, 0.3) is 5.57 Å². The van der Waals surface area contributed by atoms with E-state index in [2.05, 4.69) is 5.32 Å². The molecule has 1 atom stereocenters. The number of hydrogen-bond donors (Lipinski definition) is 1. The molecule has 2 aliphatic heterocycles. The zero-order valence-electron chi connectivity index (χ0n) is 17.2. The lowest BCUT2D eigenvalue weighted by Gasteiger charge is -2.36. The average Bonchev–Trinajstić information content (AvgIpc) is 2.78. The maximum atomic E-state index is 14.1. The summed E-state index contributed by atoms with van der Waals surface area (Å²) in [6.07, 6.45) is 2.71. The Morgan fingerprint density at radius 1 is 1.06 bits per heavy atom. The van der Waals surface area contributed by atoms with E-state index in [-0.39, 0.29) is 36.4 Å². The number of carbonyl (C=O) groups excluding carboxylic acids is 2. The largest absolute Gasteiger partial charge is 0.353 e. The second kappa shape index (κ2) is 9.39. The Balaban J connectivity index is 1.40. The first-order valence-electron chi connectivity index (χ1n) is 10.5. The quantitative estimate of drug-likeness (QED) is 0.802. The van der Waals surface area contributed by atoms with Crippen molar-refractivity contribution in [1.82, 2.24) is 15.1 Å². The van der Waals surface area contributed by atoms with Crippen LogP contribution >= 0.6 is 0 Å². The van der Waals surface area contributed by atoms with Gasteiger partial charge in [-0.15, -0.1) is 0 Å². The first-order valence-corrected chi connectivity index (χ1v) is 10.5. The number of hydrogen-bond acceptors (Lipinski definition) is 3. The third-order valence-corrected chi connectivity index (χ3v) is 5.92. The normalized spacial score (nSPS) is 19.7. The zero-order chi connectivity index (χ0) is 21.8. The lowest BCUT2D eigenvalue weighted by atomic mass is 9.99. The molecule has 1 fully saturated rings. The van der Waals surface area contributed by atoms with E-state index in [1.165, 1.54) is 18.2 Å². The van der Waals surface area contributed by atoms with E-state index >= 15 is 0 Å². The Morgan fingerprint density at radius 2 is 1.84 bits per heavy atom. The monoisotopic (exact) mass is 425 g/mol. The van der Waals surface area contributed by atoms with E-state index in [1.54, 1.807) is 35.2 Å². The van der Waals surface area contributed by atoms with E-state index < -0.39 is 6.04 Å². The molecule has 2 aromatic rings.